The molecule has 11 heavy (non-hydrogen) atoms. The number of likely N-dealkylation sites (N-methyl/N-ethyl adjacent to an activating group) is 1. The van der Waals surface area contributed by atoms with E-state index in [0.29, 0.717) is 0 Å². The van der Waals surface area contributed by atoms with Gasteiger partial charge >= 0.3 is 0 Å². The van der Waals surface area contributed by atoms with E-state index in [1.54, 1.807) is 6.20 Å². The van der Waals surface area contributed by atoms with Crippen molar-refractivity contribution in [2.75, 3.05) is 20.6 Å². The maximum absolute atomic E-state index is 4.08. The summed E-state index contributed by atoms with van der Waals surface area (Å²) in [5.74, 6) is 0. The molecule has 1 rings (SSSR count). The first-order valence-corrected chi connectivity index (χ1v) is 3.83. The van der Waals surface area contributed by atoms with Gasteiger partial charge in [0.25, 0.3) is 0 Å². The molecule has 1 aromatic heterocycles. The third-order valence-electron chi connectivity index (χ3n) is 1.42. The molecule has 0 N–H and O–H groups in total. The van der Waals surface area contributed by atoms with Gasteiger partial charge in [-0.2, -0.15) is 4.09 Å². The first-order chi connectivity index (χ1) is 5.20. The molecule has 0 aliphatic heterocycles. The third kappa shape index (κ3) is 2.51. The van der Waals surface area contributed by atoms with Crippen molar-refractivity contribution >= 4 is 12.8 Å². The summed E-state index contributed by atoms with van der Waals surface area (Å²) in [6, 6.07) is 0. The van der Waals surface area contributed by atoms with Gasteiger partial charge in [0.2, 0.25) is 0 Å². The van der Waals surface area contributed by atoms with E-state index in [1.807, 2.05) is 14.1 Å². The minimum absolute atomic E-state index is 0.934. The minimum atomic E-state index is 0.934. The Bertz CT molecular complexity index is 220. The Morgan fingerprint density at radius 1 is 1.64 bits per heavy atom. The van der Waals surface area contributed by atoms with Crippen LogP contribution in [-0.4, -0.2) is 39.9 Å². The van der Waals surface area contributed by atoms with Crippen LogP contribution in [0.3, 0.4) is 0 Å². The van der Waals surface area contributed by atoms with E-state index in [-0.39, 0.29) is 0 Å². The normalized spacial score (nSPS) is 10.9. The molecule has 0 aromatic carbocycles. The quantitative estimate of drug-likeness (QED) is 0.655. The first-order valence-electron chi connectivity index (χ1n) is 3.43. The minimum Gasteiger partial charge on any atom is -0.309 e. The summed E-state index contributed by atoms with van der Waals surface area (Å²) in [6.07, 6.45) is 2.67. The molecule has 0 fully saturated rings. The monoisotopic (exact) mass is 172 g/mol. The van der Waals surface area contributed by atoms with Crippen molar-refractivity contribution in [1.82, 2.24) is 19.3 Å². The molecule has 1 aromatic rings. The zero-order chi connectivity index (χ0) is 8.27. The molecule has 0 bridgehead atoms. The standard InChI is InChI=1S/C6H12N4S/c1-9(2)4-3-6-5-7-8-10(6)11/h5,11H,3-4H2,1-2H3. The van der Waals surface area contributed by atoms with Crippen LogP contribution in [0, 0.1) is 0 Å². The number of nitrogens with zero attached hydrogens (tertiary/aromatic N) is 4. The predicted molar refractivity (Wildman–Crippen MR) is 46.7 cm³/mol. The maximum Gasteiger partial charge on any atom is 0.0736 e. The van der Waals surface area contributed by atoms with Gasteiger partial charge in [0.05, 0.1) is 11.9 Å². The van der Waals surface area contributed by atoms with Gasteiger partial charge in [-0.3, -0.25) is 0 Å². The molecular formula is C6H12N4S. The van der Waals surface area contributed by atoms with Crippen LogP contribution in [0.25, 0.3) is 0 Å². The zero-order valence-electron chi connectivity index (χ0n) is 6.73. The van der Waals surface area contributed by atoms with Crippen LogP contribution in [0.1, 0.15) is 5.69 Å². The second kappa shape index (κ2) is 3.73. The van der Waals surface area contributed by atoms with Crippen LogP contribution in [-0.2, 0) is 6.42 Å². The van der Waals surface area contributed by atoms with Crippen molar-refractivity contribution in [1.29, 1.82) is 0 Å². The van der Waals surface area contributed by atoms with Gasteiger partial charge in [0.1, 0.15) is 0 Å². The Hall–Kier alpha value is -0.550. The summed E-state index contributed by atoms with van der Waals surface area (Å²) in [6.45, 7) is 0.994. The molecule has 0 aliphatic rings. The lowest BCUT2D eigenvalue weighted by atomic mass is 10.3. The van der Waals surface area contributed by atoms with Crippen molar-refractivity contribution in [3.05, 3.63) is 11.9 Å². The Morgan fingerprint density at radius 3 is 2.82 bits per heavy atom. The fourth-order valence-electron chi connectivity index (χ4n) is 0.753. The molecule has 0 spiro atoms. The predicted octanol–water partition coefficient (Wildman–Crippen LogP) is 0.0751. The van der Waals surface area contributed by atoms with Gasteiger partial charge in [-0.15, -0.1) is 5.10 Å². The lowest BCUT2D eigenvalue weighted by Crippen LogP contribution is -2.15. The lowest BCUT2D eigenvalue weighted by molar-refractivity contribution is 0.411. The van der Waals surface area contributed by atoms with Gasteiger partial charge < -0.3 is 4.90 Å². The Balaban J connectivity index is 2.44. The number of hydrogen-bond donors (Lipinski definition) is 1. The number of aromatic nitrogens is 3. The smallest absolute Gasteiger partial charge is 0.0736 e. The molecule has 0 saturated heterocycles. The van der Waals surface area contributed by atoms with E-state index in [9.17, 15) is 0 Å². The topological polar surface area (TPSA) is 34.0 Å². The van der Waals surface area contributed by atoms with Crippen LogP contribution in [0.15, 0.2) is 6.20 Å². The highest BCUT2D eigenvalue weighted by Gasteiger charge is 1.99. The van der Waals surface area contributed by atoms with E-state index >= 15 is 0 Å². The van der Waals surface area contributed by atoms with E-state index in [4.69, 9.17) is 0 Å². The summed E-state index contributed by atoms with van der Waals surface area (Å²) in [4.78, 5) is 2.11. The molecule has 0 aliphatic carbocycles. The van der Waals surface area contributed by atoms with Crippen molar-refractivity contribution < 1.29 is 0 Å². The first kappa shape index (κ1) is 8.55. The van der Waals surface area contributed by atoms with Crippen LogP contribution >= 0.6 is 12.8 Å². The Labute approximate surface area is 71.7 Å². The van der Waals surface area contributed by atoms with Crippen LogP contribution in [0.5, 0.6) is 0 Å². The van der Waals surface area contributed by atoms with Gasteiger partial charge in [-0.25, -0.2) is 0 Å². The fourth-order valence-corrected chi connectivity index (χ4v) is 0.951. The molecule has 62 valence electrons. The van der Waals surface area contributed by atoms with Crippen molar-refractivity contribution in [3.63, 3.8) is 0 Å². The summed E-state index contributed by atoms with van der Waals surface area (Å²) in [7, 11) is 4.07. The van der Waals surface area contributed by atoms with Crippen molar-refractivity contribution in [2.24, 2.45) is 0 Å². The molecule has 0 unspecified atom stereocenters. The van der Waals surface area contributed by atoms with E-state index in [0.717, 1.165) is 18.7 Å². The van der Waals surface area contributed by atoms with Gasteiger partial charge in [-0.05, 0) is 26.9 Å². The number of thiol groups is 1. The summed E-state index contributed by atoms with van der Waals surface area (Å²) in [5.41, 5.74) is 1.04. The van der Waals surface area contributed by atoms with Gasteiger partial charge in [0.15, 0.2) is 0 Å². The molecule has 0 atom stereocenters. The number of hydrogen-bond acceptors (Lipinski definition) is 4. The highest BCUT2D eigenvalue weighted by atomic mass is 32.1. The molecule has 1 heterocycles. The lowest BCUT2D eigenvalue weighted by Gasteiger charge is -2.07. The zero-order valence-corrected chi connectivity index (χ0v) is 7.62. The van der Waals surface area contributed by atoms with E-state index in [2.05, 4.69) is 28.0 Å². The molecule has 5 heteroatoms. The Morgan fingerprint density at radius 2 is 2.36 bits per heavy atom. The van der Waals surface area contributed by atoms with E-state index in [1.165, 1.54) is 4.09 Å². The molecule has 0 saturated carbocycles. The van der Waals surface area contributed by atoms with Crippen LogP contribution in [0.4, 0.5) is 0 Å². The highest BCUT2D eigenvalue weighted by molar-refractivity contribution is 7.78. The summed E-state index contributed by atoms with van der Waals surface area (Å²) < 4.78 is 1.50. The number of rotatable bonds is 3. The summed E-state index contributed by atoms with van der Waals surface area (Å²) in [5, 5.41) is 7.42. The van der Waals surface area contributed by atoms with Crippen molar-refractivity contribution in [2.45, 2.75) is 6.42 Å². The second-order valence-electron chi connectivity index (χ2n) is 2.67. The SMILES string of the molecule is CN(C)CCc1cnnn1S. The third-order valence-corrected chi connectivity index (χ3v) is 1.75. The Kier molecular flexibility index (Phi) is 2.90. The van der Waals surface area contributed by atoms with Gasteiger partial charge in [0, 0.05) is 13.0 Å². The highest BCUT2D eigenvalue weighted by Crippen LogP contribution is 1.98. The molecule has 0 amide bonds. The second-order valence-corrected chi connectivity index (χ2v) is 3.05. The van der Waals surface area contributed by atoms with Gasteiger partial charge in [-0.1, -0.05) is 5.21 Å². The largest absolute Gasteiger partial charge is 0.309 e. The van der Waals surface area contributed by atoms with E-state index < -0.39 is 0 Å². The average Bonchev–Trinajstić information content (AvgIpc) is 2.31. The summed E-state index contributed by atoms with van der Waals surface area (Å²) >= 11 is 4.08. The molecular weight excluding hydrogens is 160 g/mol. The molecule has 0 radical (unpaired) electrons. The van der Waals surface area contributed by atoms with Crippen LogP contribution < -0.4 is 0 Å². The maximum atomic E-state index is 4.08. The van der Waals surface area contributed by atoms with Crippen molar-refractivity contribution in [3.8, 4) is 0 Å². The fraction of sp³-hybridized carbons (Fsp3) is 0.667. The average molecular weight is 172 g/mol. The molecule has 4 nitrogen and oxygen atoms in total. The van der Waals surface area contributed by atoms with Crippen LogP contribution in [0.2, 0.25) is 0 Å².